The first-order valence-corrected chi connectivity index (χ1v) is 7.59. The van der Waals surface area contributed by atoms with Crippen LogP contribution in [0.3, 0.4) is 0 Å². The zero-order valence-electron chi connectivity index (χ0n) is 13.6. The summed E-state index contributed by atoms with van der Waals surface area (Å²) in [6.07, 6.45) is 2.03. The van der Waals surface area contributed by atoms with Gasteiger partial charge < -0.3 is 15.4 Å². The van der Waals surface area contributed by atoms with Crippen molar-refractivity contribution in [1.82, 2.24) is 20.8 Å². The maximum absolute atomic E-state index is 12.2. The number of halogens is 1. The molecule has 7 heteroatoms. The molecule has 1 amide bonds. The highest BCUT2D eigenvalue weighted by Gasteiger charge is 2.32. The van der Waals surface area contributed by atoms with Crippen molar-refractivity contribution in [2.75, 3.05) is 33.4 Å². The molecule has 22 heavy (non-hydrogen) atoms. The number of nitrogens with one attached hydrogen (secondary N) is 3. The van der Waals surface area contributed by atoms with Gasteiger partial charge in [0.2, 0.25) is 0 Å². The van der Waals surface area contributed by atoms with Gasteiger partial charge in [0.15, 0.2) is 0 Å². The number of ether oxygens (including phenoxy) is 1. The molecule has 0 saturated carbocycles. The van der Waals surface area contributed by atoms with Gasteiger partial charge in [-0.3, -0.25) is 9.89 Å². The summed E-state index contributed by atoms with van der Waals surface area (Å²) in [5.74, 6) is 0.218. The molecule has 3 N–H and O–H groups in total. The molecule has 1 aromatic heterocycles. The summed E-state index contributed by atoms with van der Waals surface area (Å²) in [5.41, 5.74) is 1.47. The molecule has 0 aliphatic carbocycles. The molecule has 0 radical (unpaired) electrons. The quantitative estimate of drug-likeness (QED) is 0.742. The number of carbonyl (C=O) groups is 1. The molecule has 1 fully saturated rings. The van der Waals surface area contributed by atoms with Crippen LogP contribution in [0, 0.1) is 5.41 Å². The van der Waals surface area contributed by atoms with Crippen LogP contribution in [0.25, 0.3) is 0 Å². The SMILES string of the molecule is COCC1(CNC(=O)c2cc(C(C)C)[nH]n2)CCNCC1.Cl. The minimum atomic E-state index is -0.118. The lowest BCUT2D eigenvalue weighted by Crippen LogP contribution is -2.47. The Morgan fingerprint density at radius 1 is 1.45 bits per heavy atom. The highest BCUT2D eigenvalue weighted by Crippen LogP contribution is 2.28. The van der Waals surface area contributed by atoms with Crippen molar-refractivity contribution in [2.45, 2.75) is 32.6 Å². The molecule has 2 heterocycles. The molecule has 1 aromatic rings. The Balaban J connectivity index is 0.00000242. The summed E-state index contributed by atoms with van der Waals surface area (Å²) in [6.45, 7) is 7.38. The molecule has 6 nitrogen and oxygen atoms in total. The number of rotatable bonds is 6. The zero-order chi connectivity index (χ0) is 15.3. The van der Waals surface area contributed by atoms with E-state index in [4.69, 9.17) is 4.74 Å². The van der Waals surface area contributed by atoms with Crippen LogP contribution in [-0.4, -0.2) is 49.5 Å². The van der Waals surface area contributed by atoms with E-state index in [1.165, 1.54) is 0 Å². The van der Waals surface area contributed by atoms with E-state index in [0.717, 1.165) is 31.6 Å². The highest BCUT2D eigenvalue weighted by molar-refractivity contribution is 5.92. The summed E-state index contributed by atoms with van der Waals surface area (Å²) in [5, 5.41) is 13.4. The van der Waals surface area contributed by atoms with Crippen LogP contribution in [-0.2, 0) is 4.74 Å². The Bertz CT molecular complexity index is 464. The Hall–Kier alpha value is -1.11. The van der Waals surface area contributed by atoms with Gasteiger partial charge in [-0.05, 0) is 37.9 Å². The Morgan fingerprint density at radius 3 is 2.68 bits per heavy atom. The lowest BCUT2D eigenvalue weighted by Gasteiger charge is -2.37. The van der Waals surface area contributed by atoms with Crippen molar-refractivity contribution >= 4 is 18.3 Å². The van der Waals surface area contributed by atoms with Crippen molar-refractivity contribution in [3.8, 4) is 0 Å². The first-order chi connectivity index (χ1) is 10.1. The van der Waals surface area contributed by atoms with Crippen molar-refractivity contribution in [2.24, 2.45) is 5.41 Å². The third kappa shape index (κ3) is 4.69. The molecule has 0 spiro atoms. The van der Waals surface area contributed by atoms with Crippen molar-refractivity contribution in [1.29, 1.82) is 0 Å². The highest BCUT2D eigenvalue weighted by atomic mass is 35.5. The van der Waals surface area contributed by atoms with Crippen LogP contribution in [0.2, 0.25) is 0 Å². The number of H-pyrrole nitrogens is 1. The molecule has 1 aliphatic rings. The van der Waals surface area contributed by atoms with Crippen molar-refractivity contribution in [3.63, 3.8) is 0 Å². The topological polar surface area (TPSA) is 79.0 Å². The fourth-order valence-corrected chi connectivity index (χ4v) is 2.74. The lowest BCUT2D eigenvalue weighted by molar-refractivity contribution is 0.0510. The number of methoxy groups -OCH3 is 1. The first kappa shape index (κ1) is 18.9. The fourth-order valence-electron chi connectivity index (χ4n) is 2.74. The predicted octanol–water partition coefficient (Wildman–Crippen LogP) is 1.70. The fraction of sp³-hybridized carbons (Fsp3) is 0.733. The first-order valence-electron chi connectivity index (χ1n) is 7.59. The standard InChI is InChI=1S/C15H26N4O2.ClH/c1-11(2)12-8-13(19-18-12)14(20)17-9-15(10-21-3)4-6-16-7-5-15;/h8,11,16H,4-7,9-10H2,1-3H3,(H,17,20)(H,18,19);1H. The number of hydrogen-bond donors (Lipinski definition) is 3. The Morgan fingerprint density at radius 2 is 2.14 bits per heavy atom. The molecular formula is C15H27ClN4O2. The second kappa shape index (κ2) is 8.50. The van der Waals surface area contributed by atoms with Crippen LogP contribution in [0.15, 0.2) is 6.07 Å². The molecule has 126 valence electrons. The number of piperidine rings is 1. The smallest absolute Gasteiger partial charge is 0.271 e. The molecule has 0 atom stereocenters. The van der Waals surface area contributed by atoms with Crippen molar-refractivity contribution in [3.05, 3.63) is 17.5 Å². The summed E-state index contributed by atoms with van der Waals surface area (Å²) < 4.78 is 5.36. The van der Waals surface area contributed by atoms with E-state index >= 15 is 0 Å². The zero-order valence-corrected chi connectivity index (χ0v) is 14.4. The number of amides is 1. The second-order valence-electron chi connectivity index (χ2n) is 6.23. The predicted molar refractivity (Wildman–Crippen MR) is 88.7 cm³/mol. The Labute approximate surface area is 138 Å². The van der Waals surface area contributed by atoms with E-state index in [1.807, 2.05) is 6.07 Å². The Kier molecular flexibility index (Phi) is 7.32. The number of nitrogens with zero attached hydrogens (tertiary/aromatic N) is 1. The lowest BCUT2D eigenvalue weighted by atomic mass is 9.79. The van der Waals surface area contributed by atoms with E-state index < -0.39 is 0 Å². The van der Waals surface area contributed by atoms with Gasteiger partial charge in [0.25, 0.3) is 5.91 Å². The average molecular weight is 331 g/mol. The molecule has 0 aromatic carbocycles. The van der Waals surface area contributed by atoms with Gasteiger partial charge in [0.1, 0.15) is 5.69 Å². The summed E-state index contributed by atoms with van der Waals surface area (Å²) >= 11 is 0. The van der Waals surface area contributed by atoms with Gasteiger partial charge >= 0.3 is 0 Å². The third-order valence-corrected chi connectivity index (χ3v) is 4.19. The van der Waals surface area contributed by atoms with E-state index in [1.54, 1.807) is 7.11 Å². The largest absolute Gasteiger partial charge is 0.384 e. The van der Waals surface area contributed by atoms with Crippen LogP contribution in [0.4, 0.5) is 0 Å². The minimum absolute atomic E-state index is 0. The molecule has 0 unspecified atom stereocenters. The molecular weight excluding hydrogens is 304 g/mol. The van der Waals surface area contributed by atoms with Gasteiger partial charge in [0.05, 0.1) is 6.61 Å². The van der Waals surface area contributed by atoms with Gasteiger partial charge in [-0.25, -0.2) is 0 Å². The van der Waals surface area contributed by atoms with Gasteiger partial charge in [-0.15, -0.1) is 12.4 Å². The number of aromatic amines is 1. The van der Waals surface area contributed by atoms with Gasteiger partial charge in [-0.2, -0.15) is 5.10 Å². The van der Waals surface area contributed by atoms with E-state index in [2.05, 4.69) is 34.7 Å². The second-order valence-corrected chi connectivity index (χ2v) is 6.23. The van der Waals surface area contributed by atoms with Gasteiger partial charge in [0, 0.05) is 24.8 Å². The van der Waals surface area contributed by atoms with Crippen molar-refractivity contribution < 1.29 is 9.53 Å². The normalized spacial score (nSPS) is 17.1. The van der Waals surface area contributed by atoms with E-state index in [-0.39, 0.29) is 23.7 Å². The van der Waals surface area contributed by atoms with Crippen LogP contribution < -0.4 is 10.6 Å². The minimum Gasteiger partial charge on any atom is -0.384 e. The maximum atomic E-state index is 12.2. The van der Waals surface area contributed by atoms with Gasteiger partial charge in [-0.1, -0.05) is 13.8 Å². The molecule has 0 bridgehead atoms. The monoisotopic (exact) mass is 330 g/mol. The molecule has 2 rings (SSSR count). The molecule has 1 saturated heterocycles. The maximum Gasteiger partial charge on any atom is 0.271 e. The van der Waals surface area contributed by atoms with E-state index in [9.17, 15) is 4.79 Å². The number of hydrogen-bond acceptors (Lipinski definition) is 4. The third-order valence-electron chi connectivity index (χ3n) is 4.19. The molecule has 1 aliphatic heterocycles. The summed E-state index contributed by atoms with van der Waals surface area (Å²) in [7, 11) is 1.72. The van der Waals surface area contributed by atoms with Crippen LogP contribution in [0.5, 0.6) is 0 Å². The number of carbonyl (C=O) groups excluding carboxylic acids is 1. The van der Waals surface area contributed by atoms with E-state index in [0.29, 0.717) is 24.8 Å². The average Bonchev–Trinajstić information content (AvgIpc) is 2.96. The van der Waals surface area contributed by atoms with Crippen LogP contribution in [0.1, 0.15) is 48.8 Å². The summed E-state index contributed by atoms with van der Waals surface area (Å²) in [6, 6.07) is 1.82. The summed E-state index contributed by atoms with van der Waals surface area (Å²) in [4.78, 5) is 12.2. The number of aromatic nitrogens is 2. The van der Waals surface area contributed by atoms with Crippen LogP contribution >= 0.6 is 12.4 Å².